The number of halogens is 1. The fourth-order valence-electron chi connectivity index (χ4n) is 2.76. The second kappa shape index (κ2) is 7.06. The van der Waals surface area contributed by atoms with Gasteiger partial charge >= 0.3 is 0 Å². The number of hydrogen-bond acceptors (Lipinski definition) is 5. The van der Waals surface area contributed by atoms with Gasteiger partial charge in [-0.05, 0) is 18.4 Å². The van der Waals surface area contributed by atoms with Crippen LogP contribution in [-0.2, 0) is 9.84 Å². The van der Waals surface area contributed by atoms with Crippen LogP contribution in [0.15, 0.2) is 18.2 Å². The molecule has 1 atom stereocenters. The molecule has 9 heteroatoms. The van der Waals surface area contributed by atoms with Crippen molar-refractivity contribution in [2.45, 2.75) is 26.3 Å². The molecule has 1 aliphatic rings. The Morgan fingerprint density at radius 2 is 2.12 bits per heavy atom. The highest BCUT2D eigenvalue weighted by atomic mass is 35.5. The summed E-state index contributed by atoms with van der Waals surface area (Å²) < 4.78 is 23.5. The van der Waals surface area contributed by atoms with Gasteiger partial charge in [0, 0.05) is 24.7 Å². The van der Waals surface area contributed by atoms with Crippen molar-refractivity contribution >= 4 is 33.0 Å². The number of benzene rings is 1. The van der Waals surface area contributed by atoms with Crippen molar-refractivity contribution in [1.29, 1.82) is 0 Å². The van der Waals surface area contributed by atoms with Crippen LogP contribution >= 0.6 is 11.6 Å². The number of rotatable bonds is 5. The van der Waals surface area contributed by atoms with Crippen molar-refractivity contribution in [2.24, 2.45) is 5.92 Å². The number of hydrogen-bond donors (Lipinski definition) is 0. The van der Waals surface area contributed by atoms with Crippen LogP contribution < -0.4 is 0 Å². The third kappa shape index (κ3) is 4.24. The Hall–Kier alpha value is -1.67. The summed E-state index contributed by atoms with van der Waals surface area (Å²) >= 11 is 6.04. The van der Waals surface area contributed by atoms with Gasteiger partial charge in [0.25, 0.3) is 11.6 Å². The molecule has 0 aromatic heterocycles. The summed E-state index contributed by atoms with van der Waals surface area (Å²) in [5.74, 6) is -0.247. The molecular weight excluding hydrogens is 356 g/mol. The number of carbonyl (C=O) groups excluding carboxylic acids is 1. The minimum atomic E-state index is -3.14. The number of non-ortho nitro benzene ring substituents is 1. The lowest BCUT2D eigenvalue weighted by molar-refractivity contribution is -0.384. The van der Waals surface area contributed by atoms with Crippen molar-refractivity contribution in [1.82, 2.24) is 4.90 Å². The van der Waals surface area contributed by atoms with Gasteiger partial charge in [-0.3, -0.25) is 14.9 Å². The van der Waals surface area contributed by atoms with Gasteiger partial charge < -0.3 is 4.90 Å². The molecule has 1 aliphatic heterocycles. The van der Waals surface area contributed by atoms with Gasteiger partial charge in [0.2, 0.25) is 0 Å². The van der Waals surface area contributed by atoms with Crippen molar-refractivity contribution < 1.29 is 18.1 Å². The first-order chi connectivity index (χ1) is 11.1. The molecule has 1 saturated heterocycles. The van der Waals surface area contributed by atoms with Gasteiger partial charge in [0.1, 0.15) is 0 Å². The standard InChI is InChI=1S/C15H19ClN2O5S/c1-10(2)8-17(12-5-6-24(22,23)9-12)15(19)13-4-3-11(18(20)21)7-14(13)16/h3-4,7,10,12H,5-6,8-9H2,1-2H3/t12-/m0/s1. The molecule has 1 fully saturated rings. The maximum absolute atomic E-state index is 12.9. The summed E-state index contributed by atoms with van der Waals surface area (Å²) in [6.45, 7) is 4.26. The largest absolute Gasteiger partial charge is 0.334 e. The molecule has 0 radical (unpaired) electrons. The van der Waals surface area contributed by atoms with E-state index in [0.29, 0.717) is 13.0 Å². The molecule has 2 rings (SSSR count). The second-order valence-electron chi connectivity index (χ2n) is 6.33. The van der Waals surface area contributed by atoms with Gasteiger partial charge in [0.05, 0.1) is 27.0 Å². The first kappa shape index (κ1) is 18.7. The van der Waals surface area contributed by atoms with E-state index in [4.69, 9.17) is 11.6 Å². The monoisotopic (exact) mass is 374 g/mol. The van der Waals surface area contributed by atoms with Gasteiger partial charge in [-0.1, -0.05) is 25.4 Å². The highest BCUT2D eigenvalue weighted by Crippen LogP contribution is 2.27. The SMILES string of the molecule is CC(C)CN(C(=O)c1ccc([N+](=O)[O-])cc1Cl)[C@H]1CCS(=O)(=O)C1. The number of nitro groups is 1. The molecular formula is C15H19ClN2O5S. The van der Waals surface area contributed by atoms with Crippen molar-refractivity contribution in [3.63, 3.8) is 0 Å². The average Bonchev–Trinajstić information content (AvgIpc) is 2.83. The fourth-order valence-corrected chi connectivity index (χ4v) is 4.74. The van der Waals surface area contributed by atoms with Gasteiger partial charge in [-0.15, -0.1) is 0 Å². The summed E-state index contributed by atoms with van der Waals surface area (Å²) in [6.07, 6.45) is 0.394. The van der Waals surface area contributed by atoms with E-state index in [2.05, 4.69) is 0 Å². The summed E-state index contributed by atoms with van der Waals surface area (Å²) in [4.78, 5) is 24.6. The van der Waals surface area contributed by atoms with Crippen LogP contribution in [0.5, 0.6) is 0 Å². The lowest BCUT2D eigenvalue weighted by atomic mass is 10.1. The topological polar surface area (TPSA) is 97.6 Å². The van der Waals surface area contributed by atoms with Crippen molar-refractivity contribution in [2.75, 3.05) is 18.1 Å². The van der Waals surface area contributed by atoms with Crippen molar-refractivity contribution in [3.8, 4) is 0 Å². The lowest BCUT2D eigenvalue weighted by Gasteiger charge is -2.30. The molecule has 1 heterocycles. The zero-order chi connectivity index (χ0) is 18.1. The molecule has 1 aromatic rings. The van der Waals surface area contributed by atoms with E-state index in [9.17, 15) is 23.3 Å². The molecule has 0 aliphatic carbocycles. The molecule has 132 valence electrons. The molecule has 1 amide bonds. The number of nitro benzene ring substituents is 1. The number of nitrogens with zero attached hydrogens (tertiary/aromatic N) is 2. The Labute approximate surface area is 145 Å². The molecule has 0 unspecified atom stereocenters. The quantitative estimate of drug-likeness (QED) is 0.582. The van der Waals surface area contributed by atoms with Crippen LogP contribution in [0.4, 0.5) is 5.69 Å². The molecule has 0 spiro atoms. The van der Waals surface area contributed by atoms with E-state index in [0.717, 1.165) is 6.07 Å². The van der Waals surface area contributed by atoms with Crippen LogP contribution in [-0.4, -0.2) is 48.2 Å². The minimum Gasteiger partial charge on any atom is -0.334 e. The molecule has 0 saturated carbocycles. The number of sulfone groups is 1. The summed E-state index contributed by atoms with van der Waals surface area (Å²) in [7, 11) is -3.14. The molecule has 7 nitrogen and oxygen atoms in total. The van der Waals surface area contributed by atoms with Crippen molar-refractivity contribution in [3.05, 3.63) is 38.9 Å². The first-order valence-corrected chi connectivity index (χ1v) is 9.76. The third-order valence-corrected chi connectivity index (χ3v) is 5.93. The van der Waals surface area contributed by atoms with E-state index < -0.39 is 26.7 Å². The summed E-state index contributed by atoms with van der Waals surface area (Å²) in [6, 6.07) is 3.28. The minimum absolute atomic E-state index is 0.0104. The smallest absolute Gasteiger partial charge is 0.270 e. The molecule has 24 heavy (non-hydrogen) atoms. The number of amides is 1. The second-order valence-corrected chi connectivity index (χ2v) is 8.97. The van der Waals surface area contributed by atoms with Gasteiger partial charge in [-0.25, -0.2) is 8.42 Å². The highest BCUT2D eigenvalue weighted by Gasteiger charge is 2.35. The first-order valence-electron chi connectivity index (χ1n) is 7.56. The van der Waals surface area contributed by atoms with E-state index in [1.165, 1.54) is 17.0 Å². The van der Waals surface area contributed by atoms with Crippen LogP contribution in [0.1, 0.15) is 30.6 Å². The Morgan fingerprint density at radius 3 is 2.58 bits per heavy atom. The lowest BCUT2D eigenvalue weighted by Crippen LogP contribution is -2.43. The summed E-state index contributed by atoms with van der Waals surface area (Å²) in [5.41, 5.74) is -0.0531. The van der Waals surface area contributed by atoms with Gasteiger partial charge in [0.15, 0.2) is 9.84 Å². The highest BCUT2D eigenvalue weighted by molar-refractivity contribution is 7.91. The Balaban J connectivity index is 2.33. The van der Waals surface area contributed by atoms with Crippen LogP contribution in [0, 0.1) is 16.0 Å². The maximum Gasteiger partial charge on any atom is 0.270 e. The normalized spacial score (nSPS) is 19.4. The average molecular weight is 375 g/mol. The van der Waals surface area contributed by atoms with E-state index in [1.807, 2.05) is 13.8 Å². The third-order valence-electron chi connectivity index (χ3n) is 3.87. The molecule has 0 N–H and O–H groups in total. The van der Waals surface area contributed by atoms with Crippen LogP contribution in [0.25, 0.3) is 0 Å². The van der Waals surface area contributed by atoms with E-state index in [1.54, 1.807) is 0 Å². The van der Waals surface area contributed by atoms with Gasteiger partial charge in [-0.2, -0.15) is 0 Å². The van der Waals surface area contributed by atoms with Crippen LogP contribution in [0.3, 0.4) is 0 Å². The zero-order valence-electron chi connectivity index (χ0n) is 13.4. The zero-order valence-corrected chi connectivity index (χ0v) is 15.0. The molecule has 1 aromatic carbocycles. The number of carbonyl (C=O) groups is 1. The summed E-state index contributed by atoms with van der Waals surface area (Å²) in [5, 5.41) is 10.8. The predicted octanol–water partition coefficient (Wildman–Crippen LogP) is 2.53. The van der Waals surface area contributed by atoms with E-state index in [-0.39, 0.29) is 33.7 Å². The van der Waals surface area contributed by atoms with E-state index >= 15 is 0 Å². The Morgan fingerprint density at radius 1 is 1.46 bits per heavy atom. The Kier molecular flexibility index (Phi) is 5.49. The van der Waals surface area contributed by atoms with Crippen LogP contribution in [0.2, 0.25) is 5.02 Å². The Bertz CT molecular complexity index is 763. The fraction of sp³-hybridized carbons (Fsp3) is 0.533. The molecule has 0 bridgehead atoms. The maximum atomic E-state index is 12.9. The predicted molar refractivity (Wildman–Crippen MR) is 91.0 cm³/mol.